The summed E-state index contributed by atoms with van der Waals surface area (Å²) in [6.45, 7) is 5.16. The van der Waals surface area contributed by atoms with Crippen LogP contribution < -0.4 is 10.6 Å². The topological polar surface area (TPSA) is 41.1 Å². The lowest BCUT2D eigenvalue weighted by Gasteiger charge is -2.24. The molecule has 0 radical (unpaired) electrons. The number of carbonyl (C=O) groups excluding carboxylic acids is 1. The van der Waals surface area contributed by atoms with E-state index in [1.54, 1.807) is 0 Å². The van der Waals surface area contributed by atoms with Crippen molar-refractivity contribution < 1.29 is 4.79 Å². The molecule has 1 saturated heterocycles. The van der Waals surface area contributed by atoms with Gasteiger partial charge in [-0.05, 0) is 45.4 Å². The highest BCUT2D eigenvalue weighted by atomic mass is 35.5. The summed E-state index contributed by atoms with van der Waals surface area (Å²) >= 11 is 1.81. The molecule has 2 rings (SSSR count). The minimum Gasteiger partial charge on any atom is -0.352 e. The SMILES string of the molecule is Cc1ccc(CC(C)NC(=O)[C@@H]2CCCCN2)s1.Cl. The Bertz CT molecular complexity index is 402. The van der Waals surface area contributed by atoms with Crippen LogP contribution in [0, 0.1) is 6.92 Å². The summed E-state index contributed by atoms with van der Waals surface area (Å²) in [5, 5.41) is 6.40. The largest absolute Gasteiger partial charge is 0.352 e. The van der Waals surface area contributed by atoms with Gasteiger partial charge in [-0.2, -0.15) is 0 Å². The zero-order chi connectivity index (χ0) is 13.0. The Morgan fingerprint density at radius 2 is 2.32 bits per heavy atom. The van der Waals surface area contributed by atoms with Crippen molar-refractivity contribution in [2.75, 3.05) is 6.54 Å². The standard InChI is InChI=1S/C14H22N2OS.ClH/c1-10(9-12-7-6-11(2)18-12)16-14(17)13-5-3-4-8-15-13;/h6-7,10,13,15H,3-5,8-9H2,1-2H3,(H,16,17);1H/t10?,13-;/m0./s1. The van der Waals surface area contributed by atoms with Crippen LogP contribution in [0.25, 0.3) is 0 Å². The van der Waals surface area contributed by atoms with Crippen LogP contribution >= 0.6 is 23.7 Å². The van der Waals surface area contributed by atoms with E-state index in [1.807, 2.05) is 11.3 Å². The second-order valence-electron chi connectivity index (χ2n) is 5.13. The van der Waals surface area contributed by atoms with Crippen molar-refractivity contribution in [1.82, 2.24) is 10.6 Å². The molecule has 5 heteroatoms. The summed E-state index contributed by atoms with van der Waals surface area (Å²) in [6.07, 6.45) is 4.24. The average molecular weight is 303 g/mol. The highest BCUT2D eigenvalue weighted by Gasteiger charge is 2.21. The maximum atomic E-state index is 12.0. The molecule has 108 valence electrons. The number of thiophene rings is 1. The zero-order valence-corrected chi connectivity index (χ0v) is 13.2. The van der Waals surface area contributed by atoms with Gasteiger partial charge in [0.05, 0.1) is 6.04 Å². The fourth-order valence-corrected chi connectivity index (χ4v) is 3.39. The number of rotatable bonds is 4. The van der Waals surface area contributed by atoms with Crippen molar-refractivity contribution >= 4 is 29.7 Å². The van der Waals surface area contributed by atoms with Crippen LogP contribution in [0.5, 0.6) is 0 Å². The molecular formula is C14H23ClN2OS. The number of amides is 1. The normalized spacial score (nSPS) is 20.4. The molecule has 0 saturated carbocycles. The van der Waals surface area contributed by atoms with Crippen LogP contribution in [-0.2, 0) is 11.2 Å². The molecule has 1 fully saturated rings. The minimum absolute atomic E-state index is 0. The molecule has 0 spiro atoms. The van der Waals surface area contributed by atoms with Gasteiger partial charge < -0.3 is 10.6 Å². The lowest BCUT2D eigenvalue weighted by molar-refractivity contribution is -0.124. The van der Waals surface area contributed by atoms with E-state index < -0.39 is 0 Å². The van der Waals surface area contributed by atoms with Crippen LogP contribution in [0.2, 0.25) is 0 Å². The summed E-state index contributed by atoms with van der Waals surface area (Å²) in [7, 11) is 0. The first-order chi connectivity index (χ1) is 8.65. The van der Waals surface area contributed by atoms with Gasteiger partial charge in [-0.3, -0.25) is 4.79 Å². The molecule has 1 aliphatic heterocycles. The van der Waals surface area contributed by atoms with E-state index in [1.165, 1.54) is 16.2 Å². The summed E-state index contributed by atoms with van der Waals surface area (Å²) < 4.78 is 0. The first kappa shape index (κ1) is 16.5. The van der Waals surface area contributed by atoms with Crippen LogP contribution in [-0.4, -0.2) is 24.5 Å². The third-order valence-electron chi connectivity index (χ3n) is 3.32. The third-order valence-corrected chi connectivity index (χ3v) is 4.34. The van der Waals surface area contributed by atoms with Gasteiger partial charge in [-0.15, -0.1) is 23.7 Å². The Labute approximate surface area is 125 Å². The van der Waals surface area contributed by atoms with E-state index in [4.69, 9.17) is 0 Å². The van der Waals surface area contributed by atoms with E-state index >= 15 is 0 Å². The lowest BCUT2D eigenvalue weighted by atomic mass is 10.0. The summed E-state index contributed by atoms with van der Waals surface area (Å²) in [5.41, 5.74) is 0. The highest BCUT2D eigenvalue weighted by Crippen LogP contribution is 2.17. The van der Waals surface area contributed by atoms with E-state index in [0.29, 0.717) is 0 Å². The van der Waals surface area contributed by atoms with E-state index in [-0.39, 0.29) is 30.4 Å². The molecule has 1 amide bonds. The second kappa shape index (κ2) is 7.88. The third kappa shape index (κ3) is 5.13. The predicted octanol–water partition coefficient (Wildman–Crippen LogP) is 2.67. The van der Waals surface area contributed by atoms with Crippen LogP contribution in [0.3, 0.4) is 0 Å². The smallest absolute Gasteiger partial charge is 0.237 e. The molecule has 2 N–H and O–H groups in total. The summed E-state index contributed by atoms with van der Waals surface area (Å²) in [5.74, 6) is 0.162. The molecule has 3 nitrogen and oxygen atoms in total. The van der Waals surface area contributed by atoms with Crippen LogP contribution in [0.15, 0.2) is 12.1 Å². The summed E-state index contributed by atoms with van der Waals surface area (Å²) in [4.78, 5) is 14.7. The second-order valence-corrected chi connectivity index (χ2v) is 6.50. The molecule has 2 heterocycles. The first-order valence-electron chi connectivity index (χ1n) is 6.74. The molecule has 0 aliphatic carbocycles. The molecule has 1 aromatic heterocycles. The van der Waals surface area contributed by atoms with E-state index in [0.717, 1.165) is 25.8 Å². The monoisotopic (exact) mass is 302 g/mol. The van der Waals surface area contributed by atoms with Gasteiger partial charge in [0, 0.05) is 22.2 Å². The first-order valence-corrected chi connectivity index (χ1v) is 7.56. The van der Waals surface area contributed by atoms with Gasteiger partial charge in [-0.25, -0.2) is 0 Å². The van der Waals surface area contributed by atoms with Crippen molar-refractivity contribution in [3.05, 3.63) is 21.9 Å². The number of nitrogens with one attached hydrogen (secondary N) is 2. The number of hydrogen-bond donors (Lipinski definition) is 2. The fourth-order valence-electron chi connectivity index (χ4n) is 2.37. The molecule has 19 heavy (non-hydrogen) atoms. The highest BCUT2D eigenvalue weighted by molar-refractivity contribution is 7.11. The number of aryl methyl sites for hydroxylation is 1. The maximum Gasteiger partial charge on any atom is 0.237 e. The van der Waals surface area contributed by atoms with Crippen LogP contribution in [0.1, 0.15) is 35.9 Å². The van der Waals surface area contributed by atoms with Gasteiger partial charge in [0.25, 0.3) is 0 Å². The van der Waals surface area contributed by atoms with Gasteiger partial charge in [0.1, 0.15) is 0 Å². The predicted molar refractivity (Wildman–Crippen MR) is 83.3 cm³/mol. The minimum atomic E-state index is 0. The van der Waals surface area contributed by atoms with Crippen molar-refractivity contribution in [3.8, 4) is 0 Å². The Hall–Kier alpha value is -0.580. The Kier molecular flexibility index (Phi) is 6.83. The number of halogens is 1. The molecule has 1 aromatic rings. The Morgan fingerprint density at radius 1 is 1.53 bits per heavy atom. The number of piperidine rings is 1. The average Bonchev–Trinajstić information content (AvgIpc) is 2.75. The van der Waals surface area contributed by atoms with Crippen molar-refractivity contribution in [1.29, 1.82) is 0 Å². The molecule has 1 unspecified atom stereocenters. The van der Waals surface area contributed by atoms with Crippen molar-refractivity contribution in [2.24, 2.45) is 0 Å². The quantitative estimate of drug-likeness (QED) is 0.898. The molecule has 0 bridgehead atoms. The fraction of sp³-hybridized carbons (Fsp3) is 0.643. The molecule has 2 atom stereocenters. The Balaban J connectivity index is 0.00000180. The van der Waals surface area contributed by atoms with E-state index in [9.17, 15) is 4.79 Å². The van der Waals surface area contributed by atoms with Gasteiger partial charge in [0.2, 0.25) is 5.91 Å². The van der Waals surface area contributed by atoms with Gasteiger partial charge in [-0.1, -0.05) is 6.42 Å². The molecular weight excluding hydrogens is 280 g/mol. The number of hydrogen-bond acceptors (Lipinski definition) is 3. The lowest BCUT2D eigenvalue weighted by Crippen LogP contribution is -2.49. The van der Waals surface area contributed by atoms with E-state index in [2.05, 4.69) is 36.6 Å². The van der Waals surface area contributed by atoms with Gasteiger partial charge >= 0.3 is 0 Å². The Morgan fingerprint density at radius 3 is 2.89 bits per heavy atom. The van der Waals surface area contributed by atoms with Crippen molar-refractivity contribution in [2.45, 2.75) is 51.6 Å². The van der Waals surface area contributed by atoms with Crippen molar-refractivity contribution in [3.63, 3.8) is 0 Å². The zero-order valence-electron chi connectivity index (χ0n) is 11.6. The van der Waals surface area contributed by atoms with Gasteiger partial charge in [0.15, 0.2) is 0 Å². The maximum absolute atomic E-state index is 12.0. The number of carbonyl (C=O) groups is 1. The molecule has 0 aromatic carbocycles. The molecule has 1 aliphatic rings. The summed E-state index contributed by atoms with van der Waals surface area (Å²) in [6, 6.07) is 4.52. The van der Waals surface area contributed by atoms with Crippen LogP contribution in [0.4, 0.5) is 0 Å².